The molecule has 1 aliphatic rings. The fourth-order valence-corrected chi connectivity index (χ4v) is 0.855. The molecule has 3 nitrogen and oxygen atoms in total. The minimum absolute atomic E-state index is 0.968. The van der Waals surface area contributed by atoms with Gasteiger partial charge in [-0.25, -0.2) is 4.98 Å². The summed E-state index contributed by atoms with van der Waals surface area (Å²) in [6, 6.07) is 0. The van der Waals surface area contributed by atoms with Gasteiger partial charge in [0.25, 0.3) is 0 Å². The first-order valence-corrected chi connectivity index (χ1v) is 3.93. The molecule has 0 aliphatic carbocycles. The zero-order valence-corrected chi connectivity index (χ0v) is 6.84. The zero-order valence-electron chi connectivity index (χ0n) is 6.84. The molecular weight excluding hydrogens is 140 g/mol. The van der Waals surface area contributed by atoms with E-state index < -0.39 is 0 Å². The molecule has 1 saturated heterocycles. The second-order valence-corrected chi connectivity index (χ2v) is 2.49. The van der Waals surface area contributed by atoms with Crippen molar-refractivity contribution in [1.82, 2.24) is 9.97 Å². The standard InChI is InChI=1S/C4H6N2.C4H8O/c1-4-5-2-3-6-4;1-2-4-5-3-1/h2-3H,1H3,(H,5,6);1-4H2. The van der Waals surface area contributed by atoms with Gasteiger partial charge < -0.3 is 9.72 Å². The first-order valence-electron chi connectivity index (χ1n) is 3.93. The molecule has 0 spiro atoms. The molecule has 1 aromatic heterocycles. The van der Waals surface area contributed by atoms with Crippen molar-refractivity contribution in [3.63, 3.8) is 0 Å². The van der Waals surface area contributed by atoms with Crippen LogP contribution in [0.3, 0.4) is 0 Å². The molecule has 0 radical (unpaired) electrons. The molecule has 11 heavy (non-hydrogen) atoms. The van der Waals surface area contributed by atoms with Crippen molar-refractivity contribution in [2.24, 2.45) is 0 Å². The van der Waals surface area contributed by atoms with Gasteiger partial charge in [0.2, 0.25) is 0 Å². The van der Waals surface area contributed by atoms with E-state index in [1.807, 2.05) is 6.92 Å². The van der Waals surface area contributed by atoms with Gasteiger partial charge >= 0.3 is 0 Å². The SMILES string of the molecule is C1CCOC1.Cc1ncc[nH]1. The second kappa shape index (κ2) is 4.91. The number of aromatic nitrogens is 2. The number of H-pyrrole nitrogens is 1. The van der Waals surface area contributed by atoms with Gasteiger partial charge in [0.1, 0.15) is 5.82 Å². The van der Waals surface area contributed by atoms with Crippen LogP contribution in [0, 0.1) is 6.92 Å². The van der Waals surface area contributed by atoms with E-state index in [1.54, 1.807) is 12.4 Å². The van der Waals surface area contributed by atoms with Gasteiger partial charge in [0.15, 0.2) is 0 Å². The number of hydrogen-bond acceptors (Lipinski definition) is 2. The lowest BCUT2D eigenvalue weighted by Gasteiger charge is -1.76. The van der Waals surface area contributed by atoms with E-state index in [0.717, 1.165) is 19.0 Å². The molecule has 0 amide bonds. The Bertz CT molecular complexity index is 161. The summed E-state index contributed by atoms with van der Waals surface area (Å²) < 4.78 is 4.94. The lowest BCUT2D eigenvalue weighted by molar-refractivity contribution is 0.198. The van der Waals surface area contributed by atoms with E-state index in [4.69, 9.17) is 4.74 Å². The Morgan fingerprint density at radius 3 is 2.36 bits per heavy atom. The highest BCUT2D eigenvalue weighted by atomic mass is 16.5. The third-order valence-electron chi connectivity index (χ3n) is 1.46. The molecule has 0 unspecified atom stereocenters. The quantitative estimate of drug-likeness (QED) is 0.615. The summed E-state index contributed by atoms with van der Waals surface area (Å²) >= 11 is 0. The second-order valence-electron chi connectivity index (χ2n) is 2.49. The Labute approximate surface area is 66.8 Å². The number of nitrogens with one attached hydrogen (secondary N) is 1. The maximum Gasteiger partial charge on any atom is 0.102 e. The van der Waals surface area contributed by atoms with Gasteiger partial charge in [-0.1, -0.05) is 0 Å². The predicted molar refractivity (Wildman–Crippen MR) is 43.4 cm³/mol. The average molecular weight is 154 g/mol. The number of aryl methyl sites for hydroxylation is 1. The molecule has 0 saturated carbocycles. The molecular formula is C8H14N2O. The zero-order chi connectivity index (χ0) is 7.94. The van der Waals surface area contributed by atoms with E-state index in [0.29, 0.717) is 0 Å². The fraction of sp³-hybridized carbons (Fsp3) is 0.625. The third kappa shape index (κ3) is 3.78. The minimum Gasteiger partial charge on any atom is -0.381 e. The lowest BCUT2D eigenvalue weighted by atomic mass is 10.4. The van der Waals surface area contributed by atoms with Gasteiger partial charge in [0.05, 0.1) is 0 Å². The van der Waals surface area contributed by atoms with Crippen molar-refractivity contribution in [3.8, 4) is 0 Å². The maximum absolute atomic E-state index is 4.94. The summed E-state index contributed by atoms with van der Waals surface area (Å²) in [7, 11) is 0. The molecule has 3 heteroatoms. The van der Waals surface area contributed by atoms with Crippen LogP contribution in [0.4, 0.5) is 0 Å². The molecule has 62 valence electrons. The highest BCUT2D eigenvalue weighted by Crippen LogP contribution is 1.98. The summed E-state index contributed by atoms with van der Waals surface area (Å²) in [5, 5.41) is 0. The number of imidazole rings is 1. The molecule has 2 rings (SSSR count). The fourth-order valence-electron chi connectivity index (χ4n) is 0.855. The maximum atomic E-state index is 4.94. The van der Waals surface area contributed by atoms with Crippen LogP contribution in [0.15, 0.2) is 12.4 Å². The Kier molecular flexibility index (Phi) is 3.69. The summed E-state index contributed by atoms with van der Waals surface area (Å²) in [5.74, 6) is 0.968. The van der Waals surface area contributed by atoms with Crippen LogP contribution < -0.4 is 0 Å². The monoisotopic (exact) mass is 154 g/mol. The first-order chi connectivity index (χ1) is 5.39. The highest BCUT2D eigenvalue weighted by Gasteiger charge is 1.94. The van der Waals surface area contributed by atoms with Crippen molar-refractivity contribution < 1.29 is 4.74 Å². The van der Waals surface area contributed by atoms with Crippen molar-refractivity contribution in [3.05, 3.63) is 18.2 Å². The van der Waals surface area contributed by atoms with Crippen LogP contribution >= 0.6 is 0 Å². The van der Waals surface area contributed by atoms with Gasteiger partial charge in [-0.2, -0.15) is 0 Å². The van der Waals surface area contributed by atoms with Gasteiger partial charge in [-0.05, 0) is 19.8 Å². The summed E-state index contributed by atoms with van der Waals surface area (Å²) in [4.78, 5) is 6.75. The average Bonchev–Trinajstić information content (AvgIpc) is 2.57. The van der Waals surface area contributed by atoms with Crippen LogP contribution in [0.25, 0.3) is 0 Å². The molecule has 0 atom stereocenters. The summed E-state index contributed by atoms with van der Waals surface area (Å²) in [6.45, 7) is 3.92. The lowest BCUT2D eigenvalue weighted by Crippen LogP contribution is -1.74. The highest BCUT2D eigenvalue weighted by molar-refractivity contribution is 4.80. The Morgan fingerprint density at radius 2 is 2.18 bits per heavy atom. The third-order valence-corrected chi connectivity index (χ3v) is 1.46. The van der Waals surface area contributed by atoms with E-state index in [-0.39, 0.29) is 0 Å². The Hall–Kier alpha value is -0.830. The summed E-state index contributed by atoms with van der Waals surface area (Å²) in [6.07, 6.45) is 6.09. The first kappa shape index (κ1) is 8.27. The molecule has 2 heterocycles. The van der Waals surface area contributed by atoms with E-state index in [2.05, 4.69) is 9.97 Å². The Morgan fingerprint density at radius 1 is 1.45 bits per heavy atom. The number of ether oxygens (including phenoxy) is 1. The Balaban J connectivity index is 0.000000112. The van der Waals surface area contributed by atoms with Gasteiger partial charge in [-0.3, -0.25) is 0 Å². The van der Waals surface area contributed by atoms with E-state index in [9.17, 15) is 0 Å². The molecule has 0 aromatic carbocycles. The predicted octanol–water partition coefficient (Wildman–Crippen LogP) is 1.51. The normalized spacial score (nSPS) is 15.7. The van der Waals surface area contributed by atoms with Crippen molar-refractivity contribution >= 4 is 0 Å². The number of hydrogen-bond donors (Lipinski definition) is 1. The van der Waals surface area contributed by atoms with Crippen LogP contribution in [-0.2, 0) is 4.74 Å². The number of aromatic amines is 1. The smallest absolute Gasteiger partial charge is 0.102 e. The van der Waals surface area contributed by atoms with Crippen LogP contribution in [0.5, 0.6) is 0 Å². The van der Waals surface area contributed by atoms with Gasteiger partial charge in [0, 0.05) is 25.6 Å². The number of nitrogens with zero attached hydrogens (tertiary/aromatic N) is 1. The van der Waals surface area contributed by atoms with Crippen molar-refractivity contribution in [2.75, 3.05) is 13.2 Å². The summed E-state index contributed by atoms with van der Waals surface area (Å²) in [5.41, 5.74) is 0. The van der Waals surface area contributed by atoms with E-state index in [1.165, 1.54) is 12.8 Å². The van der Waals surface area contributed by atoms with Crippen molar-refractivity contribution in [2.45, 2.75) is 19.8 Å². The molecule has 1 aromatic rings. The molecule has 1 aliphatic heterocycles. The van der Waals surface area contributed by atoms with Crippen LogP contribution in [0.2, 0.25) is 0 Å². The van der Waals surface area contributed by atoms with Crippen LogP contribution in [0.1, 0.15) is 18.7 Å². The van der Waals surface area contributed by atoms with Gasteiger partial charge in [-0.15, -0.1) is 0 Å². The van der Waals surface area contributed by atoms with Crippen molar-refractivity contribution in [1.29, 1.82) is 0 Å². The topological polar surface area (TPSA) is 37.9 Å². The molecule has 1 N–H and O–H groups in total. The largest absolute Gasteiger partial charge is 0.381 e. The van der Waals surface area contributed by atoms with E-state index >= 15 is 0 Å². The van der Waals surface area contributed by atoms with Crippen LogP contribution in [-0.4, -0.2) is 23.2 Å². The molecule has 0 bridgehead atoms. The molecule has 1 fully saturated rings. The number of rotatable bonds is 0. The minimum atomic E-state index is 0.968.